The van der Waals surface area contributed by atoms with E-state index < -0.39 is 0 Å². The molecule has 58 heavy (non-hydrogen) atoms. The summed E-state index contributed by atoms with van der Waals surface area (Å²) < 4.78 is 0. The van der Waals surface area contributed by atoms with E-state index in [2.05, 4.69) is 231 Å². The van der Waals surface area contributed by atoms with E-state index in [0.29, 0.717) is 0 Å². The lowest BCUT2D eigenvalue weighted by atomic mass is 9.83. The first-order chi connectivity index (χ1) is 28.8. The summed E-state index contributed by atoms with van der Waals surface area (Å²) in [5.41, 5.74) is 14.7. The van der Waals surface area contributed by atoms with Gasteiger partial charge in [-0.2, -0.15) is 0 Å². The van der Waals surface area contributed by atoms with E-state index in [4.69, 9.17) is 0 Å². The van der Waals surface area contributed by atoms with Gasteiger partial charge in [0.1, 0.15) is 0 Å². The third-order valence-corrected chi connectivity index (χ3v) is 11.8. The first kappa shape index (κ1) is 33.8. The van der Waals surface area contributed by atoms with Gasteiger partial charge in [-0.25, -0.2) is 0 Å². The molecule has 0 nitrogen and oxygen atoms in total. The highest BCUT2D eigenvalue weighted by molar-refractivity contribution is 6.22. The molecule has 0 heteroatoms. The minimum Gasteiger partial charge on any atom is -0.0622 e. The van der Waals surface area contributed by atoms with E-state index in [9.17, 15) is 0 Å². The molecule has 11 rings (SSSR count). The van der Waals surface area contributed by atoms with Crippen molar-refractivity contribution in [2.24, 2.45) is 0 Å². The molecule has 0 N–H and O–H groups in total. The Labute approximate surface area is 339 Å². The standard InChI is InChI=1S/C58H38/c1-4-16-39(17-5-1)47-37-54(40-18-6-2-7-19-40)57(55(38-47)41-20-8-3-9-21-41)45-33-31-44(32-34-45)56-49-24-12-14-26-51(49)58(52-27-15-13-25-50(52)56)46-35-30-43-29-28-42-22-10-11-23-48(42)53(43)36-46/h1-38H. The maximum Gasteiger partial charge on any atom is -0.00261 e. The van der Waals surface area contributed by atoms with Crippen LogP contribution in [-0.2, 0) is 0 Å². The van der Waals surface area contributed by atoms with E-state index in [0.717, 1.165) is 0 Å². The molecule has 0 fully saturated rings. The normalized spacial score (nSPS) is 11.4. The predicted molar refractivity (Wildman–Crippen MR) is 249 cm³/mol. The van der Waals surface area contributed by atoms with Gasteiger partial charge in [-0.1, -0.05) is 212 Å². The summed E-state index contributed by atoms with van der Waals surface area (Å²) in [7, 11) is 0. The van der Waals surface area contributed by atoms with Crippen molar-refractivity contribution in [1.82, 2.24) is 0 Å². The van der Waals surface area contributed by atoms with Crippen LogP contribution < -0.4 is 0 Å². The maximum atomic E-state index is 2.40. The lowest BCUT2D eigenvalue weighted by Crippen LogP contribution is -1.94. The van der Waals surface area contributed by atoms with Crippen molar-refractivity contribution < 1.29 is 0 Å². The molecule has 0 aliphatic heterocycles. The van der Waals surface area contributed by atoms with Crippen molar-refractivity contribution in [3.63, 3.8) is 0 Å². The summed E-state index contributed by atoms with van der Waals surface area (Å²) in [5.74, 6) is 0. The Morgan fingerprint density at radius 3 is 1.05 bits per heavy atom. The minimum absolute atomic E-state index is 1.19. The van der Waals surface area contributed by atoms with Gasteiger partial charge in [0.25, 0.3) is 0 Å². The monoisotopic (exact) mass is 734 g/mol. The van der Waals surface area contributed by atoms with Crippen LogP contribution in [0.25, 0.3) is 110 Å². The largest absolute Gasteiger partial charge is 0.0622 e. The second kappa shape index (κ2) is 14.2. The molecule has 0 radical (unpaired) electrons. The van der Waals surface area contributed by atoms with Crippen molar-refractivity contribution in [2.75, 3.05) is 0 Å². The smallest absolute Gasteiger partial charge is 0.00261 e. The van der Waals surface area contributed by atoms with Gasteiger partial charge in [0.15, 0.2) is 0 Å². The van der Waals surface area contributed by atoms with Crippen molar-refractivity contribution in [3.05, 3.63) is 231 Å². The van der Waals surface area contributed by atoms with E-state index >= 15 is 0 Å². The molecule has 0 aromatic heterocycles. The highest BCUT2D eigenvalue weighted by atomic mass is 14.2. The fourth-order valence-corrected chi connectivity index (χ4v) is 9.15. The van der Waals surface area contributed by atoms with Crippen LogP contribution in [0.1, 0.15) is 0 Å². The van der Waals surface area contributed by atoms with E-state index in [1.807, 2.05) is 0 Å². The molecule has 11 aromatic rings. The zero-order chi connectivity index (χ0) is 38.4. The van der Waals surface area contributed by atoms with Crippen molar-refractivity contribution in [1.29, 1.82) is 0 Å². The second-order valence-electron chi connectivity index (χ2n) is 15.2. The van der Waals surface area contributed by atoms with Gasteiger partial charge < -0.3 is 0 Å². The summed E-state index contributed by atoms with van der Waals surface area (Å²) in [4.78, 5) is 0. The average Bonchev–Trinajstić information content (AvgIpc) is 3.31. The molecule has 0 bridgehead atoms. The molecular weight excluding hydrogens is 697 g/mol. The molecule has 0 heterocycles. The quantitative estimate of drug-likeness (QED) is 0.118. The lowest BCUT2D eigenvalue weighted by Gasteiger charge is -2.20. The maximum absolute atomic E-state index is 2.40. The first-order valence-electron chi connectivity index (χ1n) is 20.1. The molecule has 0 saturated carbocycles. The summed E-state index contributed by atoms with van der Waals surface area (Å²) >= 11 is 0. The summed E-state index contributed by atoms with van der Waals surface area (Å²) in [6.07, 6.45) is 0. The number of hydrogen-bond acceptors (Lipinski definition) is 0. The zero-order valence-corrected chi connectivity index (χ0v) is 31.9. The highest BCUT2D eigenvalue weighted by Crippen LogP contribution is 2.47. The Morgan fingerprint density at radius 1 is 0.172 bits per heavy atom. The van der Waals surface area contributed by atoms with Crippen LogP contribution in [0.15, 0.2) is 231 Å². The molecule has 0 aliphatic carbocycles. The van der Waals surface area contributed by atoms with Crippen LogP contribution in [0.3, 0.4) is 0 Å². The topological polar surface area (TPSA) is 0 Å². The fourth-order valence-electron chi connectivity index (χ4n) is 9.15. The Bertz CT molecular complexity index is 3170. The fraction of sp³-hybridized carbons (Fsp3) is 0. The lowest BCUT2D eigenvalue weighted by molar-refractivity contribution is 1.54. The third kappa shape index (κ3) is 5.78. The van der Waals surface area contributed by atoms with Gasteiger partial charge in [-0.05, 0) is 128 Å². The molecule has 270 valence electrons. The van der Waals surface area contributed by atoms with E-state index in [-0.39, 0.29) is 0 Å². The van der Waals surface area contributed by atoms with Gasteiger partial charge in [-0.15, -0.1) is 0 Å². The molecule has 0 unspecified atom stereocenters. The predicted octanol–water partition coefficient (Wildman–Crippen LogP) is 16.3. The van der Waals surface area contributed by atoms with Gasteiger partial charge in [0.05, 0.1) is 0 Å². The van der Waals surface area contributed by atoms with E-state index in [1.54, 1.807) is 0 Å². The van der Waals surface area contributed by atoms with Crippen LogP contribution >= 0.6 is 0 Å². The summed E-state index contributed by atoms with van der Waals surface area (Å²) in [6, 6.07) is 84.6. The molecular formula is C58H38. The molecule has 0 saturated heterocycles. The van der Waals surface area contributed by atoms with Gasteiger partial charge >= 0.3 is 0 Å². The van der Waals surface area contributed by atoms with Crippen molar-refractivity contribution in [3.8, 4) is 66.8 Å². The number of rotatable bonds is 6. The molecule has 11 aromatic carbocycles. The molecule has 0 amide bonds. The summed E-state index contributed by atoms with van der Waals surface area (Å²) in [6.45, 7) is 0. The Hall–Kier alpha value is -7.54. The molecule has 0 atom stereocenters. The van der Waals surface area contributed by atoms with Crippen LogP contribution in [0.4, 0.5) is 0 Å². The van der Waals surface area contributed by atoms with Crippen LogP contribution in [0.2, 0.25) is 0 Å². The van der Waals surface area contributed by atoms with Gasteiger partial charge in [0.2, 0.25) is 0 Å². The molecule has 0 spiro atoms. The SMILES string of the molecule is c1ccc(-c2cc(-c3ccccc3)c(-c3ccc(-c4c5ccccc5c(-c5ccc6ccc7ccccc7c6c5)c5ccccc45)cc3)c(-c3ccccc3)c2)cc1. The third-order valence-electron chi connectivity index (χ3n) is 11.8. The Kier molecular flexibility index (Phi) is 8.26. The number of hydrogen-bond donors (Lipinski definition) is 0. The number of fused-ring (bicyclic) bond motifs is 5. The average molecular weight is 735 g/mol. The van der Waals surface area contributed by atoms with Crippen molar-refractivity contribution in [2.45, 2.75) is 0 Å². The number of benzene rings is 11. The Balaban J connectivity index is 1.12. The highest BCUT2D eigenvalue weighted by Gasteiger charge is 2.20. The summed E-state index contributed by atoms with van der Waals surface area (Å²) in [5, 5.41) is 10.1. The van der Waals surface area contributed by atoms with Gasteiger partial charge in [-0.3, -0.25) is 0 Å². The van der Waals surface area contributed by atoms with Crippen LogP contribution in [0.5, 0.6) is 0 Å². The minimum atomic E-state index is 1.19. The first-order valence-corrected chi connectivity index (χ1v) is 20.1. The van der Waals surface area contributed by atoms with E-state index in [1.165, 1.54) is 110 Å². The second-order valence-corrected chi connectivity index (χ2v) is 15.2. The molecule has 0 aliphatic rings. The zero-order valence-electron chi connectivity index (χ0n) is 31.9. The van der Waals surface area contributed by atoms with Gasteiger partial charge in [0, 0.05) is 0 Å². The van der Waals surface area contributed by atoms with Crippen molar-refractivity contribution >= 4 is 43.1 Å². The van der Waals surface area contributed by atoms with Crippen LogP contribution in [0, 0.1) is 0 Å². The van der Waals surface area contributed by atoms with Crippen LogP contribution in [-0.4, -0.2) is 0 Å². The Morgan fingerprint density at radius 2 is 0.534 bits per heavy atom.